The van der Waals surface area contributed by atoms with E-state index in [1.54, 1.807) is 0 Å². The number of quaternary nitrogens is 1. The highest BCUT2D eigenvalue weighted by molar-refractivity contribution is 5.67. The number of nitrogens with zero attached hydrogens (tertiary/aromatic N) is 1. The molecule has 0 unspecified atom stereocenters. The van der Waals surface area contributed by atoms with Crippen LogP contribution in [0, 0.1) is 0 Å². The van der Waals surface area contributed by atoms with Crippen LogP contribution in [0.5, 0.6) is 0 Å². The SMILES string of the molecule is C[N+](C)(CCNCCC(=O)O)CCC(=O)O. The molecule has 94 valence electrons. The summed E-state index contributed by atoms with van der Waals surface area (Å²) in [5.74, 6) is -1.60. The molecular weight excluding hydrogens is 212 g/mol. The lowest BCUT2D eigenvalue weighted by atomic mass is 10.3. The molecule has 0 aromatic rings. The molecule has 0 spiro atoms. The van der Waals surface area contributed by atoms with Gasteiger partial charge in [0.2, 0.25) is 0 Å². The first kappa shape index (κ1) is 14.9. The van der Waals surface area contributed by atoms with E-state index in [1.807, 2.05) is 14.1 Å². The summed E-state index contributed by atoms with van der Waals surface area (Å²) in [5.41, 5.74) is 0. The van der Waals surface area contributed by atoms with Crippen LogP contribution in [0.4, 0.5) is 0 Å². The Morgan fingerprint density at radius 1 is 1.00 bits per heavy atom. The summed E-state index contributed by atoms with van der Waals surface area (Å²) in [7, 11) is 3.92. The highest BCUT2D eigenvalue weighted by Crippen LogP contribution is 1.98. The first-order valence-corrected chi connectivity index (χ1v) is 5.30. The molecule has 0 aromatic heterocycles. The zero-order valence-corrected chi connectivity index (χ0v) is 9.90. The normalized spacial score (nSPS) is 11.4. The molecule has 0 aliphatic rings. The van der Waals surface area contributed by atoms with E-state index in [9.17, 15) is 9.59 Å². The van der Waals surface area contributed by atoms with Crippen molar-refractivity contribution in [3.05, 3.63) is 0 Å². The second-order valence-electron chi connectivity index (χ2n) is 4.42. The van der Waals surface area contributed by atoms with E-state index < -0.39 is 11.9 Å². The molecule has 0 heterocycles. The van der Waals surface area contributed by atoms with Crippen LogP contribution < -0.4 is 5.32 Å². The third kappa shape index (κ3) is 9.42. The molecule has 0 aliphatic carbocycles. The molecule has 6 nitrogen and oxygen atoms in total. The molecule has 0 saturated carbocycles. The molecule has 0 bridgehead atoms. The van der Waals surface area contributed by atoms with Crippen LogP contribution in [-0.4, -0.2) is 66.9 Å². The van der Waals surface area contributed by atoms with Crippen molar-refractivity contribution in [3.63, 3.8) is 0 Å². The average Bonchev–Trinajstić information content (AvgIpc) is 2.14. The predicted molar refractivity (Wildman–Crippen MR) is 59.2 cm³/mol. The molecule has 0 radical (unpaired) electrons. The van der Waals surface area contributed by atoms with Crippen LogP contribution in [0.2, 0.25) is 0 Å². The molecule has 6 heteroatoms. The van der Waals surface area contributed by atoms with Crippen molar-refractivity contribution in [2.45, 2.75) is 12.8 Å². The Hall–Kier alpha value is -1.14. The van der Waals surface area contributed by atoms with Crippen LogP contribution in [0.3, 0.4) is 0 Å². The van der Waals surface area contributed by atoms with E-state index in [0.717, 1.165) is 6.54 Å². The van der Waals surface area contributed by atoms with E-state index >= 15 is 0 Å². The molecule has 0 saturated heterocycles. The van der Waals surface area contributed by atoms with Gasteiger partial charge in [0.25, 0.3) is 0 Å². The molecule has 3 N–H and O–H groups in total. The zero-order chi connectivity index (χ0) is 12.6. The number of hydrogen-bond donors (Lipinski definition) is 3. The van der Waals surface area contributed by atoms with Gasteiger partial charge in [-0.1, -0.05) is 0 Å². The number of carboxylic acids is 2. The van der Waals surface area contributed by atoms with Gasteiger partial charge in [-0.05, 0) is 0 Å². The average molecular weight is 233 g/mol. The van der Waals surface area contributed by atoms with E-state index in [-0.39, 0.29) is 12.8 Å². The lowest BCUT2D eigenvalue weighted by Crippen LogP contribution is -2.45. The second-order valence-corrected chi connectivity index (χ2v) is 4.42. The fourth-order valence-corrected chi connectivity index (χ4v) is 1.21. The van der Waals surface area contributed by atoms with Crippen molar-refractivity contribution in [2.24, 2.45) is 0 Å². The summed E-state index contributed by atoms with van der Waals surface area (Å²) in [6.07, 6.45) is 0.269. The van der Waals surface area contributed by atoms with Gasteiger partial charge in [-0.15, -0.1) is 0 Å². The largest absolute Gasteiger partial charge is 0.481 e. The summed E-state index contributed by atoms with van der Waals surface area (Å²) in [6, 6.07) is 0. The van der Waals surface area contributed by atoms with Crippen LogP contribution in [-0.2, 0) is 9.59 Å². The Bertz CT molecular complexity index is 241. The van der Waals surface area contributed by atoms with Crippen LogP contribution >= 0.6 is 0 Å². The minimum atomic E-state index is -0.813. The maximum Gasteiger partial charge on any atom is 0.309 e. The van der Waals surface area contributed by atoms with Crippen molar-refractivity contribution in [2.75, 3.05) is 40.3 Å². The lowest BCUT2D eigenvalue weighted by molar-refractivity contribution is -0.888. The summed E-state index contributed by atoms with van der Waals surface area (Å²) in [6.45, 7) is 2.51. The van der Waals surface area contributed by atoms with Gasteiger partial charge in [0, 0.05) is 13.1 Å². The van der Waals surface area contributed by atoms with Gasteiger partial charge in [-0.25, -0.2) is 0 Å². The van der Waals surface area contributed by atoms with Crippen LogP contribution in [0.25, 0.3) is 0 Å². The van der Waals surface area contributed by atoms with Crippen LogP contribution in [0.15, 0.2) is 0 Å². The summed E-state index contributed by atoms with van der Waals surface area (Å²) < 4.78 is 0.617. The molecule has 0 aliphatic heterocycles. The number of rotatable bonds is 9. The monoisotopic (exact) mass is 233 g/mol. The van der Waals surface area contributed by atoms with Crippen molar-refractivity contribution in [1.82, 2.24) is 5.32 Å². The van der Waals surface area contributed by atoms with Gasteiger partial charge in [0.15, 0.2) is 0 Å². The number of hydrogen-bond acceptors (Lipinski definition) is 3. The minimum absolute atomic E-state index is 0.114. The predicted octanol–water partition coefficient (Wildman–Crippen LogP) is -0.398. The van der Waals surface area contributed by atoms with Crippen molar-refractivity contribution in [3.8, 4) is 0 Å². The van der Waals surface area contributed by atoms with Gasteiger partial charge in [0.05, 0.1) is 40.0 Å². The number of carbonyl (C=O) groups is 2. The molecule has 0 fully saturated rings. The molecule has 0 amide bonds. The van der Waals surface area contributed by atoms with E-state index in [2.05, 4.69) is 5.32 Å². The minimum Gasteiger partial charge on any atom is -0.481 e. The Morgan fingerprint density at radius 2 is 1.56 bits per heavy atom. The number of likely N-dealkylation sites (N-methyl/N-ethyl adjacent to an activating group) is 1. The number of aliphatic carboxylic acids is 2. The molecular formula is C10H21N2O4+. The van der Waals surface area contributed by atoms with Crippen molar-refractivity contribution >= 4 is 11.9 Å². The summed E-state index contributed by atoms with van der Waals surface area (Å²) in [4.78, 5) is 20.6. The smallest absolute Gasteiger partial charge is 0.309 e. The summed E-state index contributed by atoms with van der Waals surface area (Å²) >= 11 is 0. The molecule has 0 aromatic carbocycles. The van der Waals surface area contributed by atoms with E-state index in [4.69, 9.17) is 10.2 Å². The van der Waals surface area contributed by atoms with Gasteiger partial charge < -0.3 is 20.0 Å². The van der Waals surface area contributed by atoms with Crippen LogP contribution in [0.1, 0.15) is 12.8 Å². The fraction of sp³-hybridized carbons (Fsp3) is 0.800. The maximum atomic E-state index is 10.4. The van der Waals surface area contributed by atoms with E-state index in [0.29, 0.717) is 24.1 Å². The third-order valence-corrected chi connectivity index (χ3v) is 2.34. The highest BCUT2D eigenvalue weighted by atomic mass is 16.4. The molecule has 16 heavy (non-hydrogen) atoms. The highest BCUT2D eigenvalue weighted by Gasteiger charge is 2.15. The number of nitrogens with one attached hydrogen (secondary N) is 1. The Balaban J connectivity index is 3.57. The van der Waals surface area contributed by atoms with Gasteiger partial charge in [0.1, 0.15) is 0 Å². The Labute approximate surface area is 95.5 Å². The standard InChI is InChI=1S/C10H20N2O4/c1-12(2,7-4-10(15)16)8-6-11-5-3-9(13)14/h11H,3-8H2,1-2H3,(H-,13,14,15,16)/p+1. The molecule has 0 rings (SSSR count). The van der Waals surface area contributed by atoms with Gasteiger partial charge in [-0.3, -0.25) is 9.59 Å². The fourth-order valence-electron chi connectivity index (χ4n) is 1.21. The Kier molecular flexibility index (Phi) is 6.67. The lowest BCUT2D eigenvalue weighted by Gasteiger charge is -2.29. The van der Waals surface area contributed by atoms with Gasteiger partial charge >= 0.3 is 11.9 Å². The second kappa shape index (κ2) is 7.19. The van der Waals surface area contributed by atoms with Gasteiger partial charge in [-0.2, -0.15) is 0 Å². The summed E-state index contributed by atoms with van der Waals surface area (Å²) in [5, 5.41) is 20.0. The first-order valence-electron chi connectivity index (χ1n) is 5.30. The molecule has 0 atom stereocenters. The van der Waals surface area contributed by atoms with Crippen molar-refractivity contribution < 1.29 is 24.3 Å². The first-order chi connectivity index (χ1) is 7.33. The van der Waals surface area contributed by atoms with E-state index in [1.165, 1.54) is 0 Å². The van der Waals surface area contributed by atoms with Crippen molar-refractivity contribution in [1.29, 1.82) is 0 Å². The topological polar surface area (TPSA) is 86.6 Å². The zero-order valence-electron chi connectivity index (χ0n) is 9.90. The third-order valence-electron chi connectivity index (χ3n) is 2.34. The quantitative estimate of drug-likeness (QED) is 0.373. The maximum absolute atomic E-state index is 10.4. The Morgan fingerprint density at radius 3 is 2.06 bits per heavy atom. The number of carboxylic acid groups (broad SMARTS) is 2.